The van der Waals surface area contributed by atoms with Gasteiger partial charge >= 0.3 is 0 Å². The standard InChI is InChI=1S/C12H9FN2/c13-7-6-10-2-4-11(5-3-10)12-14-8-1-9-15-12/h1-9H. The van der Waals surface area contributed by atoms with E-state index in [1.807, 2.05) is 24.3 Å². The van der Waals surface area contributed by atoms with Crippen LogP contribution >= 0.6 is 0 Å². The van der Waals surface area contributed by atoms with Crippen LogP contribution in [0, 0.1) is 0 Å². The minimum atomic E-state index is 0.522. The molecule has 0 unspecified atom stereocenters. The SMILES string of the molecule is FC=Cc1ccc(-c2ncccn2)cc1. The number of hydrogen-bond donors (Lipinski definition) is 0. The van der Waals surface area contributed by atoms with Crippen molar-refractivity contribution in [3.63, 3.8) is 0 Å². The lowest BCUT2D eigenvalue weighted by atomic mass is 10.1. The zero-order chi connectivity index (χ0) is 10.5. The summed E-state index contributed by atoms with van der Waals surface area (Å²) in [6, 6.07) is 9.14. The van der Waals surface area contributed by atoms with Gasteiger partial charge in [0.25, 0.3) is 0 Å². The topological polar surface area (TPSA) is 25.8 Å². The molecule has 0 aliphatic heterocycles. The van der Waals surface area contributed by atoms with Gasteiger partial charge in [-0.2, -0.15) is 0 Å². The summed E-state index contributed by atoms with van der Waals surface area (Å²) in [5, 5.41) is 0. The Hall–Kier alpha value is -2.03. The Morgan fingerprint density at radius 2 is 1.67 bits per heavy atom. The van der Waals surface area contributed by atoms with E-state index in [-0.39, 0.29) is 0 Å². The quantitative estimate of drug-likeness (QED) is 0.744. The third-order valence-electron chi connectivity index (χ3n) is 1.99. The van der Waals surface area contributed by atoms with E-state index in [0.717, 1.165) is 11.1 Å². The molecule has 0 saturated carbocycles. The first-order valence-corrected chi connectivity index (χ1v) is 4.54. The molecule has 2 nitrogen and oxygen atoms in total. The highest BCUT2D eigenvalue weighted by Crippen LogP contribution is 2.15. The molecule has 1 heterocycles. The second-order valence-electron chi connectivity index (χ2n) is 2.99. The highest BCUT2D eigenvalue weighted by molar-refractivity contribution is 5.59. The Bertz CT molecular complexity index is 449. The largest absolute Gasteiger partial charge is 0.237 e. The van der Waals surface area contributed by atoms with Crippen LogP contribution in [0.25, 0.3) is 17.5 Å². The predicted octanol–water partition coefficient (Wildman–Crippen LogP) is 3.08. The fraction of sp³-hybridized carbons (Fsp3) is 0. The van der Waals surface area contributed by atoms with Gasteiger partial charge in [0.1, 0.15) is 0 Å². The van der Waals surface area contributed by atoms with Gasteiger partial charge in [0.2, 0.25) is 0 Å². The van der Waals surface area contributed by atoms with E-state index >= 15 is 0 Å². The van der Waals surface area contributed by atoms with Crippen molar-refractivity contribution in [1.29, 1.82) is 0 Å². The Balaban J connectivity index is 2.32. The summed E-state index contributed by atoms with van der Waals surface area (Å²) in [4.78, 5) is 8.24. The third kappa shape index (κ3) is 2.26. The summed E-state index contributed by atoms with van der Waals surface area (Å²) >= 11 is 0. The second kappa shape index (κ2) is 4.46. The molecule has 1 aromatic carbocycles. The van der Waals surface area contributed by atoms with E-state index in [9.17, 15) is 4.39 Å². The molecule has 0 bridgehead atoms. The zero-order valence-corrected chi connectivity index (χ0v) is 7.97. The highest BCUT2D eigenvalue weighted by atomic mass is 19.1. The Labute approximate surface area is 87.1 Å². The summed E-state index contributed by atoms with van der Waals surface area (Å²) in [6.07, 6.45) is 5.30. The molecule has 74 valence electrons. The number of benzene rings is 1. The van der Waals surface area contributed by atoms with Crippen LogP contribution in [0.1, 0.15) is 5.56 Å². The van der Waals surface area contributed by atoms with E-state index in [1.54, 1.807) is 18.5 Å². The van der Waals surface area contributed by atoms with Gasteiger partial charge in [-0.25, -0.2) is 14.4 Å². The molecule has 0 saturated heterocycles. The smallest absolute Gasteiger partial charge is 0.159 e. The monoisotopic (exact) mass is 200 g/mol. The average Bonchev–Trinajstić information content (AvgIpc) is 2.32. The first-order chi connectivity index (χ1) is 7.40. The zero-order valence-electron chi connectivity index (χ0n) is 7.97. The number of aromatic nitrogens is 2. The maximum atomic E-state index is 11.9. The molecule has 2 rings (SSSR count). The Morgan fingerprint density at radius 3 is 2.27 bits per heavy atom. The maximum absolute atomic E-state index is 11.9. The minimum absolute atomic E-state index is 0.522. The van der Waals surface area contributed by atoms with Gasteiger partial charge in [0, 0.05) is 18.0 Å². The molecule has 0 fully saturated rings. The molecule has 3 heteroatoms. The number of hydrogen-bond acceptors (Lipinski definition) is 2. The molecule has 0 atom stereocenters. The van der Waals surface area contributed by atoms with E-state index in [1.165, 1.54) is 6.08 Å². The van der Waals surface area contributed by atoms with Crippen LogP contribution in [-0.2, 0) is 0 Å². The summed E-state index contributed by atoms with van der Waals surface area (Å²) in [6.45, 7) is 0. The minimum Gasteiger partial charge on any atom is -0.237 e. The lowest BCUT2D eigenvalue weighted by Gasteiger charge is -1.99. The van der Waals surface area contributed by atoms with Crippen LogP contribution in [0.3, 0.4) is 0 Å². The average molecular weight is 200 g/mol. The van der Waals surface area contributed by atoms with Crippen molar-refractivity contribution in [2.45, 2.75) is 0 Å². The number of nitrogens with zero attached hydrogens (tertiary/aromatic N) is 2. The van der Waals surface area contributed by atoms with E-state index in [4.69, 9.17) is 0 Å². The fourth-order valence-corrected chi connectivity index (χ4v) is 1.26. The number of halogens is 1. The maximum Gasteiger partial charge on any atom is 0.159 e. The van der Waals surface area contributed by atoms with Crippen LogP contribution in [0.15, 0.2) is 49.1 Å². The first-order valence-electron chi connectivity index (χ1n) is 4.54. The molecular weight excluding hydrogens is 191 g/mol. The molecule has 0 aliphatic carbocycles. The van der Waals surface area contributed by atoms with Crippen LogP contribution < -0.4 is 0 Å². The summed E-state index contributed by atoms with van der Waals surface area (Å²) in [5.41, 5.74) is 1.74. The lowest BCUT2D eigenvalue weighted by molar-refractivity contribution is 0.727. The van der Waals surface area contributed by atoms with E-state index in [0.29, 0.717) is 12.2 Å². The van der Waals surface area contributed by atoms with Crippen molar-refractivity contribution in [2.24, 2.45) is 0 Å². The van der Waals surface area contributed by atoms with Gasteiger partial charge in [-0.3, -0.25) is 0 Å². The molecule has 0 radical (unpaired) electrons. The Morgan fingerprint density at radius 1 is 1.00 bits per heavy atom. The van der Waals surface area contributed by atoms with E-state index < -0.39 is 0 Å². The van der Waals surface area contributed by atoms with Gasteiger partial charge in [0.05, 0.1) is 6.33 Å². The van der Waals surface area contributed by atoms with Crippen molar-refractivity contribution >= 4 is 6.08 Å². The highest BCUT2D eigenvalue weighted by Gasteiger charge is 1.98. The molecule has 0 spiro atoms. The van der Waals surface area contributed by atoms with Crippen LogP contribution in [0.4, 0.5) is 4.39 Å². The van der Waals surface area contributed by atoms with Gasteiger partial charge in [-0.15, -0.1) is 0 Å². The summed E-state index contributed by atoms with van der Waals surface area (Å²) in [5.74, 6) is 0.674. The van der Waals surface area contributed by atoms with Crippen molar-refractivity contribution in [1.82, 2.24) is 9.97 Å². The lowest BCUT2D eigenvalue weighted by Crippen LogP contribution is -1.86. The molecular formula is C12H9FN2. The van der Waals surface area contributed by atoms with Crippen molar-refractivity contribution in [2.75, 3.05) is 0 Å². The first kappa shape index (κ1) is 9.52. The molecule has 0 amide bonds. The van der Waals surface area contributed by atoms with Crippen molar-refractivity contribution < 1.29 is 4.39 Å². The third-order valence-corrected chi connectivity index (χ3v) is 1.99. The van der Waals surface area contributed by atoms with Gasteiger partial charge in [-0.1, -0.05) is 24.3 Å². The van der Waals surface area contributed by atoms with Gasteiger partial charge < -0.3 is 0 Å². The van der Waals surface area contributed by atoms with Crippen molar-refractivity contribution in [3.05, 3.63) is 54.6 Å². The van der Waals surface area contributed by atoms with Crippen LogP contribution in [-0.4, -0.2) is 9.97 Å². The van der Waals surface area contributed by atoms with Crippen LogP contribution in [0.5, 0.6) is 0 Å². The predicted molar refractivity (Wildman–Crippen MR) is 57.6 cm³/mol. The summed E-state index contributed by atoms with van der Waals surface area (Å²) in [7, 11) is 0. The molecule has 15 heavy (non-hydrogen) atoms. The normalized spacial score (nSPS) is 10.7. The van der Waals surface area contributed by atoms with Gasteiger partial charge in [-0.05, 0) is 17.7 Å². The van der Waals surface area contributed by atoms with Gasteiger partial charge in [0.15, 0.2) is 5.82 Å². The van der Waals surface area contributed by atoms with E-state index in [2.05, 4.69) is 9.97 Å². The molecule has 2 aromatic rings. The number of rotatable bonds is 2. The summed E-state index contributed by atoms with van der Waals surface area (Å²) < 4.78 is 11.9. The molecule has 1 aromatic heterocycles. The molecule has 0 N–H and O–H groups in total. The second-order valence-corrected chi connectivity index (χ2v) is 2.99. The Kier molecular flexibility index (Phi) is 2.83. The molecule has 0 aliphatic rings. The fourth-order valence-electron chi connectivity index (χ4n) is 1.26. The van der Waals surface area contributed by atoms with Crippen LogP contribution in [0.2, 0.25) is 0 Å². The van der Waals surface area contributed by atoms with Crippen molar-refractivity contribution in [3.8, 4) is 11.4 Å².